The minimum atomic E-state index is -0.00717. The van der Waals surface area contributed by atoms with Gasteiger partial charge in [0.05, 0.1) is 6.54 Å². The highest BCUT2D eigenvalue weighted by atomic mass is 16.5. The van der Waals surface area contributed by atoms with E-state index in [2.05, 4.69) is 5.32 Å². The molecule has 2 saturated heterocycles. The van der Waals surface area contributed by atoms with Crippen LogP contribution >= 0.6 is 0 Å². The van der Waals surface area contributed by atoms with Crippen LogP contribution in [0.4, 0.5) is 0 Å². The van der Waals surface area contributed by atoms with Crippen molar-refractivity contribution < 1.29 is 14.3 Å². The fourth-order valence-corrected chi connectivity index (χ4v) is 3.63. The maximum absolute atomic E-state index is 12.5. The van der Waals surface area contributed by atoms with Gasteiger partial charge in [0.25, 0.3) is 5.91 Å². The van der Waals surface area contributed by atoms with Crippen LogP contribution in [0.2, 0.25) is 0 Å². The Balaban J connectivity index is 1.55. The molecule has 0 radical (unpaired) electrons. The smallest absolute Gasteiger partial charge is 0.260 e. The second-order valence-electron chi connectivity index (χ2n) is 6.96. The van der Waals surface area contributed by atoms with E-state index in [0.29, 0.717) is 13.1 Å². The number of nitrogens with zero attached hydrogens (tertiary/aromatic N) is 2. The Morgan fingerprint density at radius 2 is 2.16 bits per heavy atom. The molecule has 0 bridgehead atoms. The van der Waals surface area contributed by atoms with Crippen LogP contribution in [-0.2, 0) is 9.59 Å². The number of amides is 2. The molecule has 0 saturated carbocycles. The second-order valence-corrected chi connectivity index (χ2v) is 6.96. The molecule has 2 amide bonds. The minimum absolute atomic E-state index is 0.00717. The topological polar surface area (TPSA) is 61.9 Å². The van der Waals surface area contributed by atoms with Gasteiger partial charge in [0, 0.05) is 32.2 Å². The third-order valence-electron chi connectivity index (χ3n) is 5.00. The molecule has 6 nitrogen and oxygen atoms in total. The molecule has 6 heteroatoms. The van der Waals surface area contributed by atoms with Gasteiger partial charge in [-0.05, 0) is 38.3 Å². The van der Waals surface area contributed by atoms with Gasteiger partial charge < -0.3 is 19.9 Å². The molecular weight excluding hydrogens is 318 g/mol. The summed E-state index contributed by atoms with van der Waals surface area (Å²) < 4.78 is 5.73. The van der Waals surface area contributed by atoms with Crippen LogP contribution in [0.1, 0.15) is 24.0 Å². The quantitative estimate of drug-likeness (QED) is 0.888. The summed E-state index contributed by atoms with van der Waals surface area (Å²) in [7, 11) is 0. The Morgan fingerprint density at radius 3 is 2.92 bits per heavy atom. The van der Waals surface area contributed by atoms with E-state index < -0.39 is 0 Å². The van der Waals surface area contributed by atoms with Crippen molar-refractivity contribution in [3.8, 4) is 5.75 Å². The number of hydrogen-bond acceptors (Lipinski definition) is 4. The van der Waals surface area contributed by atoms with Crippen molar-refractivity contribution in [3.63, 3.8) is 0 Å². The number of carbonyl (C=O) groups is 2. The third kappa shape index (κ3) is 4.31. The number of rotatable bonds is 4. The van der Waals surface area contributed by atoms with Crippen LogP contribution in [0.5, 0.6) is 5.75 Å². The number of likely N-dealkylation sites (tertiary alicyclic amines) is 1. The summed E-state index contributed by atoms with van der Waals surface area (Å²) >= 11 is 0. The summed E-state index contributed by atoms with van der Waals surface area (Å²) in [5.74, 6) is 0.883. The lowest BCUT2D eigenvalue weighted by atomic mass is 10.0. The van der Waals surface area contributed by atoms with E-state index in [1.807, 2.05) is 41.8 Å². The van der Waals surface area contributed by atoms with Gasteiger partial charge in [-0.2, -0.15) is 0 Å². The number of benzene rings is 1. The molecule has 0 aliphatic carbocycles. The molecule has 1 N–H and O–H groups in total. The average molecular weight is 345 g/mol. The summed E-state index contributed by atoms with van der Waals surface area (Å²) in [6.07, 6.45) is 1.89. The average Bonchev–Trinajstić information content (AvgIpc) is 2.61. The molecule has 25 heavy (non-hydrogen) atoms. The van der Waals surface area contributed by atoms with E-state index in [4.69, 9.17) is 4.74 Å². The summed E-state index contributed by atoms with van der Waals surface area (Å²) in [5, 5.41) is 3.09. The Kier molecular flexibility index (Phi) is 5.58. The van der Waals surface area contributed by atoms with E-state index in [1.54, 1.807) is 0 Å². The predicted octanol–water partition coefficient (Wildman–Crippen LogP) is 1.11. The molecule has 0 aromatic heterocycles. The maximum Gasteiger partial charge on any atom is 0.260 e. The number of piperidine rings is 1. The van der Waals surface area contributed by atoms with Gasteiger partial charge in [0.1, 0.15) is 5.75 Å². The first-order valence-corrected chi connectivity index (χ1v) is 9.02. The molecule has 2 heterocycles. The first kappa shape index (κ1) is 17.7. The van der Waals surface area contributed by atoms with Gasteiger partial charge >= 0.3 is 0 Å². The molecule has 1 atom stereocenters. The lowest BCUT2D eigenvalue weighted by Gasteiger charge is -2.41. The Morgan fingerprint density at radius 1 is 1.32 bits per heavy atom. The largest absolute Gasteiger partial charge is 0.484 e. The molecule has 1 aromatic carbocycles. The zero-order valence-electron chi connectivity index (χ0n) is 15.1. The molecular formula is C19H27N3O3. The van der Waals surface area contributed by atoms with Gasteiger partial charge in [-0.15, -0.1) is 0 Å². The number of piperazine rings is 1. The Labute approximate surface area is 149 Å². The Hall–Kier alpha value is -2.08. The maximum atomic E-state index is 12.5. The van der Waals surface area contributed by atoms with Crippen LogP contribution < -0.4 is 10.1 Å². The summed E-state index contributed by atoms with van der Waals surface area (Å²) in [4.78, 5) is 28.4. The normalized spacial score (nSPS) is 21.4. The number of aryl methyl sites for hydroxylation is 2. The lowest BCUT2D eigenvalue weighted by Crippen LogP contribution is -2.57. The molecule has 0 spiro atoms. The molecule has 136 valence electrons. The third-order valence-corrected chi connectivity index (χ3v) is 5.00. The fraction of sp³-hybridized carbons (Fsp3) is 0.579. The van der Waals surface area contributed by atoms with Crippen LogP contribution in [0, 0.1) is 13.8 Å². The van der Waals surface area contributed by atoms with E-state index in [0.717, 1.165) is 43.8 Å². The highest BCUT2D eigenvalue weighted by Gasteiger charge is 2.31. The lowest BCUT2D eigenvalue weighted by molar-refractivity contribution is -0.141. The van der Waals surface area contributed by atoms with E-state index >= 15 is 0 Å². The van der Waals surface area contributed by atoms with Crippen LogP contribution in [-0.4, -0.2) is 67.0 Å². The van der Waals surface area contributed by atoms with Crippen molar-refractivity contribution in [3.05, 3.63) is 29.3 Å². The minimum Gasteiger partial charge on any atom is -0.484 e. The fourth-order valence-electron chi connectivity index (χ4n) is 3.63. The van der Waals surface area contributed by atoms with Gasteiger partial charge in [-0.25, -0.2) is 0 Å². The van der Waals surface area contributed by atoms with Crippen molar-refractivity contribution >= 4 is 11.8 Å². The van der Waals surface area contributed by atoms with Crippen LogP contribution in [0.15, 0.2) is 18.2 Å². The standard InChI is InChI=1S/C19H27N3O3/c1-14-5-6-17(15(2)10-14)25-13-19(24)21-8-3-4-16(12-21)22-9-7-20-11-18(22)23/h5-6,10,16,20H,3-4,7-9,11-13H2,1-2H3. The van der Waals surface area contributed by atoms with Crippen molar-refractivity contribution in [2.45, 2.75) is 32.7 Å². The van der Waals surface area contributed by atoms with Crippen LogP contribution in [0.25, 0.3) is 0 Å². The number of ether oxygens (including phenoxy) is 1. The molecule has 1 unspecified atom stereocenters. The van der Waals surface area contributed by atoms with Crippen molar-refractivity contribution in [1.82, 2.24) is 15.1 Å². The van der Waals surface area contributed by atoms with Crippen LogP contribution in [0.3, 0.4) is 0 Å². The summed E-state index contributed by atoms with van der Waals surface area (Å²) in [5.41, 5.74) is 2.21. The van der Waals surface area contributed by atoms with Crippen molar-refractivity contribution in [1.29, 1.82) is 0 Å². The SMILES string of the molecule is Cc1ccc(OCC(=O)N2CCCC(N3CCNCC3=O)C2)c(C)c1. The predicted molar refractivity (Wildman–Crippen MR) is 95.6 cm³/mol. The monoisotopic (exact) mass is 345 g/mol. The second kappa shape index (κ2) is 7.87. The van der Waals surface area contributed by atoms with Crippen molar-refractivity contribution in [2.75, 3.05) is 39.3 Å². The number of carbonyl (C=O) groups excluding carboxylic acids is 2. The number of nitrogens with one attached hydrogen (secondary N) is 1. The highest BCUT2D eigenvalue weighted by Crippen LogP contribution is 2.20. The van der Waals surface area contributed by atoms with Crippen molar-refractivity contribution in [2.24, 2.45) is 0 Å². The number of hydrogen-bond donors (Lipinski definition) is 1. The van der Waals surface area contributed by atoms with Gasteiger partial charge in [0.2, 0.25) is 5.91 Å². The van der Waals surface area contributed by atoms with Gasteiger partial charge in [-0.3, -0.25) is 9.59 Å². The summed E-state index contributed by atoms with van der Waals surface area (Å²) in [6.45, 7) is 7.38. The zero-order valence-corrected chi connectivity index (χ0v) is 15.1. The molecule has 2 aliphatic heterocycles. The van der Waals surface area contributed by atoms with Gasteiger partial charge in [0.15, 0.2) is 6.61 Å². The first-order chi connectivity index (χ1) is 12.0. The summed E-state index contributed by atoms with van der Waals surface area (Å²) in [6, 6.07) is 6.08. The zero-order chi connectivity index (χ0) is 17.8. The molecule has 2 aliphatic rings. The van der Waals surface area contributed by atoms with E-state index in [1.165, 1.54) is 5.56 Å². The molecule has 2 fully saturated rings. The van der Waals surface area contributed by atoms with Gasteiger partial charge in [-0.1, -0.05) is 17.7 Å². The Bertz CT molecular complexity index is 647. The first-order valence-electron chi connectivity index (χ1n) is 9.02. The highest BCUT2D eigenvalue weighted by molar-refractivity contribution is 5.80. The van der Waals surface area contributed by atoms with E-state index in [9.17, 15) is 9.59 Å². The molecule has 1 aromatic rings. The molecule has 3 rings (SSSR count). The van der Waals surface area contributed by atoms with E-state index in [-0.39, 0.29) is 24.5 Å².